The van der Waals surface area contributed by atoms with Crippen molar-refractivity contribution in [2.75, 3.05) is 19.4 Å². The van der Waals surface area contributed by atoms with E-state index in [4.69, 9.17) is 9.05 Å². The Bertz CT molecular complexity index is 135. The molecule has 0 rings (SSSR count). The van der Waals surface area contributed by atoms with Crippen LogP contribution in [-0.4, -0.2) is 19.4 Å². The number of hydrogen-bond donors (Lipinski definition) is 0. The van der Waals surface area contributed by atoms with Crippen LogP contribution in [0.5, 0.6) is 0 Å². The molecule has 0 atom stereocenters. The van der Waals surface area contributed by atoms with E-state index in [0.717, 1.165) is 19.4 Å². The van der Waals surface area contributed by atoms with Crippen molar-refractivity contribution in [1.82, 2.24) is 0 Å². The van der Waals surface area contributed by atoms with E-state index in [2.05, 4.69) is 41.5 Å². The first-order chi connectivity index (χ1) is 6.91. The molecule has 0 aromatic rings. The van der Waals surface area contributed by atoms with Gasteiger partial charge in [-0.25, -0.2) is 0 Å². The Morgan fingerprint density at radius 2 is 1.13 bits per heavy atom. The lowest BCUT2D eigenvalue weighted by molar-refractivity contribution is 0.208. The zero-order valence-electron chi connectivity index (χ0n) is 11.1. The molecule has 0 amide bonds. The quantitative estimate of drug-likeness (QED) is 0.583. The minimum Gasteiger partial charge on any atom is -0.334 e. The Labute approximate surface area is 96.7 Å². The summed E-state index contributed by atoms with van der Waals surface area (Å²) >= 11 is 0. The Balaban J connectivity index is 3.84. The highest BCUT2D eigenvalue weighted by molar-refractivity contribution is 7.47. The van der Waals surface area contributed by atoms with E-state index in [1.165, 1.54) is 0 Å². The lowest BCUT2D eigenvalue weighted by atomic mass is 10.2. The highest BCUT2D eigenvalue weighted by Crippen LogP contribution is 2.41. The first kappa shape index (κ1) is 15.3. The van der Waals surface area contributed by atoms with Crippen molar-refractivity contribution >= 4 is 8.38 Å². The number of rotatable bonds is 8. The maximum atomic E-state index is 5.81. The fraction of sp³-hybridized carbons (Fsp3) is 1.00. The molecule has 0 aliphatic rings. The van der Waals surface area contributed by atoms with Crippen molar-refractivity contribution in [3.63, 3.8) is 0 Å². The van der Waals surface area contributed by atoms with Crippen LogP contribution in [0.4, 0.5) is 0 Å². The summed E-state index contributed by atoms with van der Waals surface area (Å²) in [5.74, 6) is 1.82. The van der Waals surface area contributed by atoms with Crippen LogP contribution in [0.25, 0.3) is 0 Å². The summed E-state index contributed by atoms with van der Waals surface area (Å²) in [5, 5.41) is 0. The molecule has 0 aliphatic heterocycles. The third kappa shape index (κ3) is 10.6. The summed E-state index contributed by atoms with van der Waals surface area (Å²) in [6.07, 6.45) is 1.05. The average Bonchev–Trinajstić information content (AvgIpc) is 2.08. The molecular weight excluding hydrogens is 207 g/mol. The molecule has 3 heteroatoms. The van der Waals surface area contributed by atoms with E-state index >= 15 is 0 Å². The van der Waals surface area contributed by atoms with Gasteiger partial charge in [-0.3, -0.25) is 0 Å². The molecule has 0 fully saturated rings. The predicted octanol–water partition coefficient (Wildman–Crippen LogP) is 4.30. The van der Waals surface area contributed by atoms with E-state index in [9.17, 15) is 0 Å². The van der Waals surface area contributed by atoms with Gasteiger partial charge in [-0.05, 0) is 17.8 Å². The molecule has 0 saturated heterocycles. The Hall–Kier alpha value is 0.350. The third-order valence-corrected chi connectivity index (χ3v) is 3.52. The monoisotopic (exact) mass is 234 g/mol. The highest BCUT2D eigenvalue weighted by Gasteiger charge is 2.14. The van der Waals surface area contributed by atoms with Crippen LogP contribution in [0.1, 0.15) is 41.5 Å². The number of hydrogen-bond acceptors (Lipinski definition) is 2. The van der Waals surface area contributed by atoms with Crippen LogP contribution >= 0.6 is 8.38 Å². The normalized spacial score (nSPS) is 12.4. The van der Waals surface area contributed by atoms with Gasteiger partial charge in [0.05, 0.1) is 13.2 Å². The van der Waals surface area contributed by atoms with Gasteiger partial charge >= 0.3 is 0 Å². The molecular formula is C12H27O2P. The minimum absolute atomic E-state index is 0.588. The van der Waals surface area contributed by atoms with Crippen LogP contribution in [0.3, 0.4) is 0 Å². The van der Waals surface area contributed by atoms with E-state index in [-0.39, 0.29) is 0 Å². The molecule has 0 heterocycles. The summed E-state index contributed by atoms with van der Waals surface area (Å²) in [4.78, 5) is 0. The highest BCUT2D eigenvalue weighted by atomic mass is 31.2. The van der Waals surface area contributed by atoms with Gasteiger partial charge in [0.2, 0.25) is 0 Å². The fourth-order valence-corrected chi connectivity index (χ4v) is 2.72. The molecule has 0 aliphatic carbocycles. The van der Waals surface area contributed by atoms with Gasteiger partial charge in [0.15, 0.2) is 8.38 Å². The van der Waals surface area contributed by atoms with E-state index < -0.39 is 8.38 Å². The van der Waals surface area contributed by atoms with Crippen molar-refractivity contribution in [3.8, 4) is 0 Å². The molecule has 2 nitrogen and oxygen atoms in total. The molecule has 0 spiro atoms. The first-order valence-corrected chi connectivity index (χ1v) is 7.31. The first-order valence-electron chi connectivity index (χ1n) is 5.95. The Morgan fingerprint density at radius 3 is 1.40 bits per heavy atom. The van der Waals surface area contributed by atoms with Gasteiger partial charge in [-0.2, -0.15) is 0 Å². The zero-order valence-corrected chi connectivity index (χ0v) is 12.0. The topological polar surface area (TPSA) is 18.5 Å². The van der Waals surface area contributed by atoms with Gasteiger partial charge < -0.3 is 9.05 Å². The average molecular weight is 234 g/mol. The van der Waals surface area contributed by atoms with Crippen molar-refractivity contribution in [1.29, 1.82) is 0 Å². The molecule has 0 radical (unpaired) electrons. The molecule has 0 unspecified atom stereocenters. The van der Waals surface area contributed by atoms with Gasteiger partial charge in [0.1, 0.15) is 0 Å². The van der Waals surface area contributed by atoms with Gasteiger partial charge in [-0.15, -0.1) is 0 Å². The SMILES string of the molecule is CC(C)COP(CC(C)C)OCC(C)C. The second kappa shape index (κ2) is 8.50. The Morgan fingerprint density at radius 1 is 0.733 bits per heavy atom. The van der Waals surface area contributed by atoms with Gasteiger partial charge in [0.25, 0.3) is 0 Å². The standard InChI is InChI=1S/C12H27O2P/c1-10(2)7-13-15(9-12(5)6)14-8-11(3)4/h10-12H,7-9H2,1-6H3. The maximum Gasteiger partial charge on any atom is 0.170 e. The van der Waals surface area contributed by atoms with Crippen LogP contribution in [0.2, 0.25) is 0 Å². The van der Waals surface area contributed by atoms with Crippen LogP contribution in [0, 0.1) is 17.8 Å². The van der Waals surface area contributed by atoms with Crippen molar-refractivity contribution in [3.05, 3.63) is 0 Å². The van der Waals surface area contributed by atoms with E-state index in [1.807, 2.05) is 0 Å². The molecule has 15 heavy (non-hydrogen) atoms. The molecule has 0 aromatic heterocycles. The summed E-state index contributed by atoms with van der Waals surface area (Å²) in [6, 6.07) is 0. The van der Waals surface area contributed by atoms with Crippen molar-refractivity contribution < 1.29 is 9.05 Å². The summed E-state index contributed by atoms with van der Waals surface area (Å²) in [7, 11) is -0.665. The van der Waals surface area contributed by atoms with Crippen molar-refractivity contribution in [2.24, 2.45) is 17.8 Å². The second-order valence-electron chi connectivity index (χ2n) is 5.29. The smallest absolute Gasteiger partial charge is 0.170 e. The molecule has 92 valence electrons. The van der Waals surface area contributed by atoms with E-state index in [1.54, 1.807) is 0 Å². The van der Waals surface area contributed by atoms with Crippen LogP contribution in [-0.2, 0) is 9.05 Å². The van der Waals surface area contributed by atoms with Gasteiger partial charge in [0, 0.05) is 6.16 Å². The molecule has 0 N–H and O–H groups in total. The summed E-state index contributed by atoms with van der Waals surface area (Å²) in [5.41, 5.74) is 0. The Kier molecular flexibility index (Phi) is 8.69. The summed E-state index contributed by atoms with van der Waals surface area (Å²) in [6.45, 7) is 14.7. The largest absolute Gasteiger partial charge is 0.334 e. The van der Waals surface area contributed by atoms with E-state index in [0.29, 0.717) is 17.8 Å². The van der Waals surface area contributed by atoms with Crippen LogP contribution in [0.15, 0.2) is 0 Å². The lowest BCUT2D eigenvalue weighted by Crippen LogP contribution is -2.07. The molecule has 0 saturated carbocycles. The van der Waals surface area contributed by atoms with Gasteiger partial charge in [-0.1, -0.05) is 41.5 Å². The minimum atomic E-state index is -0.665. The summed E-state index contributed by atoms with van der Waals surface area (Å²) < 4.78 is 11.6. The predicted molar refractivity (Wildman–Crippen MR) is 68.2 cm³/mol. The molecule has 0 aromatic carbocycles. The second-order valence-corrected chi connectivity index (χ2v) is 6.84. The van der Waals surface area contributed by atoms with Crippen LogP contribution < -0.4 is 0 Å². The fourth-order valence-electron chi connectivity index (χ4n) is 0.905. The lowest BCUT2D eigenvalue weighted by Gasteiger charge is -2.21. The third-order valence-electron chi connectivity index (χ3n) is 1.62. The zero-order chi connectivity index (χ0) is 11.8. The van der Waals surface area contributed by atoms with Crippen molar-refractivity contribution in [2.45, 2.75) is 41.5 Å². The maximum absolute atomic E-state index is 5.81. The molecule has 0 bridgehead atoms.